The molecule has 24 heavy (non-hydrogen) atoms. The number of amides is 1. The number of alkyl halides is 3. The van der Waals surface area contributed by atoms with Crippen LogP contribution >= 0.6 is 11.3 Å². The van der Waals surface area contributed by atoms with Gasteiger partial charge in [-0.2, -0.15) is 18.3 Å². The highest BCUT2D eigenvalue weighted by Crippen LogP contribution is 2.28. The lowest BCUT2D eigenvalue weighted by Gasteiger charge is -2.25. The van der Waals surface area contributed by atoms with E-state index in [0.29, 0.717) is 10.7 Å². The summed E-state index contributed by atoms with van der Waals surface area (Å²) < 4.78 is 39.0. The van der Waals surface area contributed by atoms with E-state index >= 15 is 0 Å². The van der Waals surface area contributed by atoms with Gasteiger partial charge in [0, 0.05) is 17.7 Å². The number of nitrogens with zero attached hydrogens (tertiary/aromatic N) is 3. The van der Waals surface area contributed by atoms with Crippen molar-refractivity contribution in [1.29, 1.82) is 0 Å². The molecule has 1 unspecified atom stereocenters. The molecule has 3 heterocycles. The molecule has 2 aromatic rings. The van der Waals surface area contributed by atoms with Crippen molar-refractivity contribution in [2.45, 2.75) is 32.2 Å². The second-order valence-corrected chi connectivity index (χ2v) is 6.38. The van der Waals surface area contributed by atoms with Crippen molar-refractivity contribution in [1.82, 2.24) is 25.4 Å². The van der Waals surface area contributed by atoms with Gasteiger partial charge in [0.1, 0.15) is 5.01 Å². The van der Waals surface area contributed by atoms with Crippen LogP contribution in [-0.4, -0.2) is 20.7 Å². The SMILES string of the molecule is CC(C)c1csc(C2=CC(=O)NC(n3ccc(C(F)(F)F)n3)N2)n1. The standard InChI is InChI=1S/C14H14F3N5OS/c1-7(2)9-6-24-12(18-9)8-5-11(23)20-13(19-8)22-4-3-10(21-22)14(15,16)17/h3-7,13,19H,1-2H3,(H,20,23). The Morgan fingerprint density at radius 2 is 2.08 bits per heavy atom. The van der Waals surface area contributed by atoms with Crippen LogP contribution in [0.15, 0.2) is 23.7 Å². The van der Waals surface area contributed by atoms with Gasteiger partial charge in [-0.3, -0.25) is 4.79 Å². The fourth-order valence-electron chi connectivity index (χ4n) is 2.10. The third kappa shape index (κ3) is 3.28. The number of hydrogen-bond acceptors (Lipinski definition) is 5. The number of carbonyl (C=O) groups is 1. The fraction of sp³-hybridized carbons (Fsp3) is 0.357. The van der Waals surface area contributed by atoms with Gasteiger partial charge in [-0.05, 0) is 12.0 Å². The van der Waals surface area contributed by atoms with Crippen LogP contribution in [0.4, 0.5) is 13.2 Å². The number of rotatable bonds is 3. The first kappa shape index (κ1) is 16.5. The highest BCUT2D eigenvalue weighted by molar-refractivity contribution is 7.10. The van der Waals surface area contributed by atoms with E-state index in [2.05, 4.69) is 20.7 Å². The molecule has 1 amide bonds. The molecule has 2 N–H and O–H groups in total. The first-order valence-electron chi connectivity index (χ1n) is 7.11. The van der Waals surface area contributed by atoms with E-state index in [0.717, 1.165) is 22.6 Å². The van der Waals surface area contributed by atoms with E-state index in [-0.39, 0.29) is 5.92 Å². The summed E-state index contributed by atoms with van der Waals surface area (Å²) in [6.45, 7) is 4.00. The highest BCUT2D eigenvalue weighted by atomic mass is 32.1. The Labute approximate surface area is 139 Å². The third-order valence-corrected chi connectivity index (χ3v) is 4.25. The summed E-state index contributed by atoms with van der Waals surface area (Å²) in [5.74, 6) is -0.191. The average Bonchev–Trinajstić information content (AvgIpc) is 3.16. The van der Waals surface area contributed by atoms with Crippen LogP contribution in [0.25, 0.3) is 5.70 Å². The number of aromatic nitrogens is 3. The maximum Gasteiger partial charge on any atom is 0.435 e. The van der Waals surface area contributed by atoms with Gasteiger partial charge in [0.05, 0.1) is 11.4 Å². The molecule has 1 aliphatic rings. The molecule has 0 aromatic carbocycles. The van der Waals surface area contributed by atoms with E-state index in [1.54, 1.807) is 0 Å². The molecule has 1 aliphatic heterocycles. The van der Waals surface area contributed by atoms with Crippen molar-refractivity contribution in [3.05, 3.63) is 40.1 Å². The number of thiazole rings is 1. The third-order valence-electron chi connectivity index (χ3n) is 3.35. The van der Waals surface area contributed by atoms with Gasteiger partial charge in [-0.25, -0.2) is 9.67 Å². The quantitative estimate of drug-likeness (QED) is 0.886. The second-order valence-electron chi connectivity index (χ2n) is 5.52. The van der Waals surface area contributed by atoms with E-state index in [4.69, 9.17) is 0 Å². The molecule has 0 saturated carbocycles. The van der Waals surface area contributed by atoms with Crippen LogP contribution in [0.5, 0.6) is 0 Å². The first-order chi connectivity index (χ1) is 11.2. The summed E-state index contributed by atoms with van der Waals surface area (Å²) >= 11 is 1.36. The van der Waals surface area contributed by atoms with E-state index in [1.165, 1.54) is 17.4 Å². The molecule has 128 valence electrons. The van der Waals surface area contributed by atoms with E-state index in [1.807, 2.05) is 19.2 Å². The molecule has 10 heteroatoms. The molecular formula is C14H14F3N5OS. The Balaban J connectivity index is 1.84. The molecule has 6 nitrogen and oxygen atoms in total. The van der Waals surface area contributed by atoms with Crippen molar-refractivity contribution in [2.75, 3.05) is 0 Å². The molecule has 0 spiro atoms. The zero-order valence-electron chi connectivity index (χ0n) is 12.8. The van der Waals surface area contributed by atoms with Gasteiger partial charge in [-0.15, -0.1) is 11.3 Å². The Morgan fingerprint density at radius 3 is 2.67 bits per heavy atom. The highest BCUT2D eigenvalue weighted by Gasteiger charge is 2.34. The Morgan fingerprint density at radius 1 is 1.33 bits per heavy atom. The minimum absolute atomic E-state index is 0.240. The zero-order chi connectivity index (χ0) is 17.5. The first-order valence-corrected chi connectivity index (χ1v) is 7.99. The number of carbonyl (C=O) groups excluding carboxylic acids is 1. The lowest BCUT2D eigenvalue weighted by atomic mass is 10.2. The Hall–Kier alpha value is -2.36. The predicted octanol–water partition coefficient (Wildman–Crippen LogP) is 2.70. The summed E-state index contributed by atoms with van der Waals surface area (Å²) in [6, 6.07) is 0.853. The van der Waals surface area contributed by atoms with E-state index in [9.17, 15) is 18.0 Å². The Kier molecular flexibility index (Phi) is 4.08. The molecule has 0 aliphatic carbocycles. The van der Waals surface area contributed by atoms with Gasteiger partial charge < -0.3 is 10.6 Å². The lowest BCUT2D eigenvalue weighted by Crippen LogP contribution is -2.44. The van der Waals surface area contributed by atoms with Gasteiger partial charge in [-0.1, -0.05) is 13.8 Å². The second kappa shape index (κ2) is 5.93. The summed E-state index contributed by atoms with van der Waals surface area (Å²) in [4.78, 5) is 16.3. The lowest BCUT2D eigenvalue weighted by molar-refractivity contribution is -0.141. The normalized spacial score (nSPS) is 18.3. The van der Waals surface area contributed by atoms with Crippen LogP contribution in [0.3, 0.4) is 0 Å². The van der Waals surface area contributed by atoms with Crippen molar-refractivity contribution in [3.8, 4) is 0 Å². The van der Waals surface area contributed by atoms with Crippen molar-refractivity contribution < 1.29 is 18.0 Å². The van der Waals surface area contributed by atoms with Crippen LogP contribution < -0.4 is 10.6 Å². The summed E-state index contributed by atoms with van der Waals surface area (Å²) in [5, 5.41) is 11.4. The average molecular weight is 357 g/mol. The molecule has 0 radical (unpaired) electrons. The van der Waals surface area contributed by atoms with E-state index < -0.39 is 24.1 Å². The minimum atomic E-state index is -4.54. The monoisotopic (exact) mass is 357 g/mol. The van der Waals surface area contributed by atoms with Gasteiger partial charge in [0.25, 0.3) is 0 Å². The molecular weight excluding hydrogens is 343 g/mol. The maximum absolute atomic E-state index is 12.7. The molecule has 2 aromatic heterocycles. The smallest absolute Gasteiger partial charge is 0.344 e. The van der Waals surface area contributed by atoms with Crippen LogP contribution in [0, 0.1) is 0 Å². The Bertz CT molecular complexity index is 792. The fourth-order valence-corrected chi connectivity index (χ4v) is 3.06. The minimum Gasteiger partial charge on any atom is -0.344 e. The van der Waals surface area contributed by atoms with Gasteiger partial charge in [0.15, 0.2) is 12.0 Å². The zero-order valence-corrected chi connectivity index (χ0v) is 13.6. The number of halogens is 3. The largest absolute Gasteiger partial charge is 0.435 e. The topological polar surface area (TPSA) is 71.8 Å². The van der Waals surface area contributed by atoms with Crippen LogP contribution in [-0.2, 0) is 11.0 Å². The van der Waals surface area contributed by atoms with Gasteiger partial charge >= 0.3 is 6.18 Å². The molecule has 3 rings (SSSR count). The molecule has 0 bridgehead atoms. The molecule has 0 saturated heterocycles. The number of hydrogen-bond donors (Lipinski definition) is 2. The van der Waals surface area contributed by atoms with Crippen molar-refractivity contribution in [2.24, 2.45) is 0 Å². The van der Waals surface area contributed by atoms with Crippen molar-refractivity contribution in [3.63, 3.8) is 0 Å². The van der Waals surface area contributed by atoms with Crippen molar-refractivity contribution >= 4 is 22.9 Å². The molecule has 0 fully saturated rings. The molecule has 1 atom stereocenters. The van der Waals surface area contributed by atoms with Crippen LogP contribution in [0.2, 0.25) is 0 Å². The predicted molar refractivity (Wildman–Crippen MR) is 81.7 cm³/mol. The van der Waals surface area contributed by atoms with Gasteiger partial charge in [0.2, 0.25) is 5.91 Å². The summed E-state index contributed by atoms with van der Waals surface area (Å²) in [6.07, 6.45) is -2.97. The summed E-state index contributed by atoms with van der Waals surface area (Å²) in [5.41, 5.74) is 0.314. The summed E-state index contributed by atoms with van der Waals surface area (Å²) in [7, 11) is 0. The van der Waals surface area contributed by atoms with Crippen LogP contribution in [0.1, 0.15) is 42.5 Å². The maximum atomic E-state index is 12.7. The number of nitrogens with one attached hydrogen (secondary N) is 2.